The first-order valence-electron chi connectivity index (χ1n) is 9.96. The molecule has 0 aromatic heterocycles. The first-order valence-corrected chi connectivity index (χ1v) is 11.8. The first kappa shape index (κ1) is 23.6. The quantitative estimate of drug-likeness (QED) is 0.491. The average molecular weight is 473 g/mol. The van der Waals surface area contributed by atoms with E-state index in [2.05, 4.69) is 10.0 Å². The molecule has 168 valence electrons. The largest absolute Gasteiger partial charge is 0.497 e. The summed E-state index contributed by atoms with van der Waals surface area (Å²) >= 11 is 6.19. The van der Waals surface area contributed by atoms with E-state index in [0.717, 1.165) is 22.4 Å². The summed E-state index contributed by atoms with van der Waals surface area (Å²) in [6, 6.07) is 16.6. The Morgan fingerprint density at radius 1 is 1.03 bits per heavy atom. The number of amides is 1. The molecule has 0 aliphatic heterocycles. The number of sulfonamides is 1. The van der Waals surface area contributed by atoms with E-state index < -0.39 is 15.9 Å². The summed E-state index contributed by atoms with van der Waals surface area (Å²) in [5, 5.41) is 2.91. The second-order valence-electron chi connectivity index (χ2n) is 7.47. The van der Waals surface area contributed by atoms with Crippen molar-refractivity contribution in [2.45, 2.75) is 31.7 Å². The Morgan fingerprint density at radius 2 is 1.72 bits per heavy atom. The number of anilines is 1. The van der Waals surface area contributed by atoms with E-state index in [1.54, 1.807) is 19.2 Å². The molecule has 0 bridgehead atoms. The fourth-order valence-corrected chi connectivity index (χ4v) is 4.82. The highest BCUT2D eigenvalue weighted by molar-refractivity contribution is 7.92. The van der Waals surface area contributed by atoms with Crippen molar-refractivity contribution in [3.05, 3.63) is 87.9 Å². The molecule has 3 aromatic rings. The molecule has 32 heavy (non-hydrogen) atoms. The molecule has 1 atom stereocenters. The summed E-state index contributed by atoms with van der Waals surface area (Å²) in [7, 11) is -2.42. The van der Waals surface area contributed by atoms with Gasteiger partial charge < -0.3 is 10.1 Å². The molecule has 0 aliphatic rings. The van der Waals surface area contributed by atoms with Gasteiger partial charge in [-0.15, -0.1) is 0 Å². The van der Waals surface area contributed by atoms with Gasteiger partial charge in [0.2, 0.25) is 0 Å². The van der Waals surface area contributed by atoms with Crippen LogP contribution in [-0.4, -0.2) is 21.4 Å². The summed E-state index contributed by atoms with van der Waals surface area (Å²) in [5.41, 5.74) is 3.31. The van der Waals surface area contributed by atoms with Crippen LogP contribution in [0.25, 0.3) is 0 Å². The maximum absolute atomic E-state index is 13.0. The van der Waals surface area contributed by atoms with E-state index in [0.29, 0.717) is 5.69 Å². The molecule has 0 saturated carbocycles. The van der Waals surface area contributed by atoms with Crippen LogP contribution >= 0.6 is 11.6 Å². The molecule has 8 heteroatoms. The van der Waals surface area contributed by atoms with Crippen LogP contribution in [0.5, 0.6) is 5.75 Å². The van der Waals surface area contributed by atoms with E-state index in [9.17, 15) is 13.2 Å². The topological polar surface area (TPSA) is 84.5 Å². The predicted octanol–water partition coefficient (Wildman–Crippen LogP) is 5.26. The van der Waals surface area contributed by atoms with Crippen molar-refractivity contribution in [3.8, 4) is 5.75 Å². The number of aryl methyl sites for hydroxylation is 1. The van der Waals surface area contributed by atoms with E-state index in [1.165, 1.54) is 18.2 Å². The lowest BCUT2D eigenvalue weighted by molar-refractivity contribution is 0.0939. The molecule has 1 amide bonds. The number of benzene rings is 3. The van der Waals surface area contributed by atoms with Crippen molar-refractivity contribution < 1.29 is 17.9 Å². The van der Waals surface area contributed by atoms with Crippen LogP contribution < -0.4 is 14.8 Å². The Balaban J connectivity index is 1.83. The van der Waals surface area contributed by atoms with Crippen LogP contribution in [-0.2, 0) is 10.0 Å². The molecule has 6 nitrogen and oxygen atoms in total. The second-order valence-corrected chi connectivity index (χ2v) is 9.52. The third kappa shape index (κ3) is 5.23. The molecule has 2 N–H and O–H groups in total. The zero-order valence-corrected chi connectivity index (χ0v) is 19.8. The third-order valence-electron chi connectivity index (χ3n) is 5.30. The third-order valence-corrected chi connectivity index (χ3v) is 7.14. The Hall–Kier alpha value is -3.03. The molecule has 0 spiro atoms. The van der Waals surface area contributed by atoms with Crippen LogP contribution in [0.2, 0.25) is 5.02 Å². The molecular formula is C24H25ClN2O4S. The number of hydrogen-bond donors (Lipinski definition) is 2. The number of halogens is 1. The Labute approximate surface area is 193 Å². The number of methoxy groups -OCH3 is 1. The van der Waals surface area contributed by atoms with Crippen LogP contribution in [0, 0.1) is 13.8 Å². The highest BCUT2D eigenvalue weighted by Crippen LogP contribution is 2.27. The van der Waals surface area contributed by atoms with Gasteiger partial charge in [0.05, 0.1) is 23.9 Å². The predicted molar refractivity (Wildman–Crippen MR) is 127 cm³/mol. The summed E-state index contributed by atoms with van der Waals surface area (Å²) < 4.78 is 33.8. The van der Waals surface area contributed by atoms with Crippen molar-refractivity contribution in [2.75, 3.05) is 11.8 Å². The van der Waals surface area contributed by atoms with Crippen molar-refractivity contribution in [1.29, 1.82) is 0 Å². The van der Waals surface area contributed by atoms with Crippen LogP contribution in [0.3, 0.4) is 0 Å². The molecular weight excluding hydrogens is 448 g/mol. The summed E-state index contributed by atoms with van der Waals surface area (Å²) in [6.45, 7) is 5.57. The smallest absolute Gasteiger partial charge is 0.263 e. The van der Waals surface area contributed by atoms with Gasteiger partial charge in [0, 0.05) is 5.56 Å². The van der Waals surface area contributed by atoms with E-state index in [4.69, 9.17) is 16.3 Å². The molecule has 0 unspecified atom stereocenters. The second kappa shape index (κ2) is 9.63. The van der Waals surface area contributed by atoms with Crippen LogP contribution in [0.1, 0.15) is 40.0 Å². The highest BCUT2D eigenvalue weighted by Gasteiger charge is 2.22. The van der Waals surface area contributed by atoms with Gasteiger partial charge in [-0.1, -0.05) is 35.9 Å². The SMILES string of the molecule is COc1ccc([C@@H](C)NC(=O)c2ccc(Cl)c(S(=O)(=O)Nc3cccc(C)c3C)c2)cc1. The van der Waals surface area contributed by atoms with Gasteiger partial charge >= 0.3 is 0 Å². The van der Waals surface area contributed by atoms with Gasteiger partial charge in [0.15, 0.2) is 0 Å². The minimum absolute atomic E-state index is 0.0301. The molecule has 0 fully saturated rings. The standard InChI is InChI=1S/C24H25ClN2O4S/c1-15-6-5-7-22(16(15)2)27-32(29,30)23-14-19(10-13-21(23)25)24(28)26-17(3)18-8-11-20(31-4)12-9-18/h5-14,17,27H,1-4H3,(H,26,28)/t17-/m1/s1. The Kier molecular flexibility index (Phi) is 7.11. The fourth-order valence-electron chi connectivity index (χ4n) is 3.17. The van der Waals surface area contributed by atoms with Crippen LogP contribution in [0.15, 0.2) is 65.6 Å². The van der Waals surface area contributed by atoms with Crippen molar-refractivity contribution in [2.24, 2.45) is 0 Å². The number of rotatable bonds is 7. The highest BCUT2D eigenvalue weighted by atomic mass is 35.5. The minimum Gasteiger partial charge on any atom is -0.497 e. The molecule has 0 radical (unpaired) electrons. The van der Waals surface area contributed by atoms with Crippen molar-refractivity contribution in [1.82, 2.24) is 5.32 Å². The number of ether oxygens (including phenoxy) is 1. The van der Waals surface area contributed by atoms with Gasteiger partial charge in [-0.25, -0.2) is 8.42 Å². The fraction of sp³-hybridized carbons (Fsp3) is 0.208. The lowest BCUT2D eigenvalue weighted by Gasteiger charge is -2.16. The summed E-state index contributed by atoms with van der Waals surface area (Å²) in [4.78, 5) is 12.6. The zero-order chi connectivity index (χ0) is 23.5. The van der Waals surface area contributed by atoms with Crippen molar-refractivity contribution in [3.63, 3.8) is 0 Å². The molecule has 0 saturated heterocycles. The van der Waals surface area contributed by atoms with Crippen molar-refractivity contribution >= 4 is 33.2 Å². The van der Waals surface area contributed by atoms with E-state index >= 15 is 0 Å². The Bertz CT molecular complexity index is 1240. The van der Waals surface area contributed by atoms with Gasteiger partial charge in [-0.05, 0) is 73.9 Å². The minimum atomic E-state index is -4.00. The summed E-state index contributed by atoms with van der Waals surface area (Å²) in [5.74, 6) is 0.310. The average Bonchev–Trinajstić information content (AvgIpc) is 2.77. The number of hydrogen-bond acceptors (Lipinski definition) is 4. The number of carbonyl (C=O) groups is 1. The number of nitrogens with one attached hydrogen (secondary N) is 2. The molecule has 3 rings (SSSR count). The molecule has 3 aromatic carbocycles. The van der Waals surface area contributed by atoms with Gasteiger partial charge in [-0.2, -0.15) is 0 Å². The van der Waals surface area contributed by atoms with E-state index in [1.807, 2.05) is 51.1 Å². The molecule has 0 heterocycles. The maximum Gasteiger partial charge on any atom is 0.263 e. The monoisotopic (exact) mass is 472 g/mol. The van der Waals surface area contributed by atoms with Gasteiger partial charge in [0.1, 0.15) is 10.6 Å². The first-order chi connectivity index (χ1) is 15.1. The molecule has 0 aliphatic carbocycles. The van der Waals surface area contributed by atoms with Gasteiger partial charge in [-0.3, -0.25) is 9.52 Å². The lowest BCUT2D eigenvalue weighted by Crippen LogP contribution is -2.27. The van der Waals surface area contributed by atoms with Crippen LogP contribution in [0.4, 0.5) is 5.69 Å². The Morgan fingerprint density at radius 3 is 2.38 bits per heavy atom. The maximum atomic E-state index is 13.0. The normalized spacial score (nSPS) is 12.2. The summed E-state index contributed by atoms with van der Waals surface area (Å²) in [6.07, 6.45) is 0. The zero-order valence-electron chi connectivity index (χ0n) is 18.3. The van der Waals surface area contributed by atoms with E-state index in [-0.39, 0.29) is 21.5 Å². The van der Waals surface area contributed by atoms with Gasteiger partial charge in [0.25, 0.3) is 15.9 Å². The number of carbonyl (C=O) groups excluding carboxylic acids is 1. The lowest BCUT2D eigenvalue weighted by atomic mass is 10.1.